The lowest BCUT2D eigenvalue weighted by molar-refractivity contribution is -0.140. The number of hydrogen-bond donors (Lipinski definition) is 0. The Morgan fingerprint density at radius 3 is 2.77 bits per heavy atom. The van der Waals surface area contributed by atoms with Gasteiger partial charge in [0.25, 0.3) is 0 Å². The van der Waals surface area contributed by atoms with Crippen LogP contribution in [0.1, 0.15) is 25.8 Å². The van der Waals surface area contributed by atoms with Gasteiger partial charge in [-0.1, -0.05) is 18.2 Å². The van der Waals surface area contributed by atoms with E-state index in [9.17, 15) is 4.79 Å². The minimum atomic E-state index is -0.794. The van der Waals surface area contributed by atoms with Crippen molar-refractivity contribution in [2.24, 2.45) is 0 Å². The Morgan fingerprint density at radius 2 is 2.12 bits per heavy atom. The molecule has 26 heavy (non-hydrogen) atoms. The number of ether oxygens (including phenoxy) is 2. The van der Waals surface area contributed by atoms with Crippen molar-refractivity contribution in [1.29, 1.82) is 0 Å². The zero-order valence-electron chi connectivity index (χ0n) is 15.8. The molecule has 2 aromatic rings. The standard InChI is InChI=1S/C19H26N4O3/c1-15-7-5-6-8-16(15)26-12-19(25-4)9-10-22(11-19)17(24)18(2,3)23-14-20-13-21-23/h5-8,13-14H,9-12H2,1-4H3/t19-/m1/s1. The average Bonchev–Trinajstić information content (AvgIpc) is 3.31. The number of benzene rings is 1. The van der Waals surface area contributed by atoms with E-state index in [0.29, 0.717) is 19.7 Å². The third-order valence-corrected chi connectivity index (χ3v) is 5.14. The van der Waals surface area contributed by atoms with E-state index >= 15 is 0 Å². The first-order valence-corrected chi connectivity index (χ1v) is 8.76. The van der Waals surface area contributed by atoms with Gasteiger partial charge < -0.3 is 14.4 Å². The summed E-state index contributed by atoms with van der Waals surface area (Å²) in [7, 11) is 1.68. The normalized spacial score (nSPS) is 20.4. The Bertz CT molecular complexity index is 760. The summed E-state index contributed by atoms with van der Waals surface area (Å²) in [6.07, 6.45) is 3.74. The fourth-order valence-corrected chi connectivity index (χ4v) is 3.27. The van der Waals surface area contributed by atoms with Crippen LogP contribution in [0, 0.1) is 6.92 Å². The van der Waals surface area contributed by atoms with E-state index in [4.69, 9.17) is 9.47 Å². The molecule has 0 radical (unpaired) electrons. The second-order valence-corrected chi connectivity index (χ2v) is 7.32. The van der Waals surface area contributed by atoms with E-state index in [-0.39, 0.29) is 5.91 Å². The van der Waals surface area contributed by atoms with Crippen molar-refractivity contribution in [3.63, 3.8) is 0 Å². The highest BCUT2D eigenvalue weighted by atomic mass is 16.5. The van der Waals surface area contributed by atoms with Crippen molar-refractivity contribution < 1.29 is 14.3 Å². The Balaban J connectivity index is 1.69. The molecule has 0 spiro atoms. The topological polar surface area (TPSA) is 69.5 Å². The monoisotopic (exact) mass is 358 g/mol. The number of rotatable bonds is 6. The lowest BCUT2D eigenvalue weighted by Crippen LogP contribution is -2.49. The molecule has 2 heterocycles. The van der Waals surface area contributed by atoms with E-state index in [1.165, 1.54) is 6.33 Å². The summed E-state index contributed by atoms with van der Waals surface area (Å²) in [5.41, 5.74) is -0.217. The maximum absolute atomic E-state index is 13.0. The summed E-state index contributed by atoms with van der Waals surface area (Å²) < 4.78 is 13.4. The zero-order valence-corrected chi connectivity index (χ0v) is 15.8. The third-order valence-electron chi connectivity index (χ3n) is 5.14. The number of aromatic nitrogens is 3. The SMILES string of the molecule is CO[C@]1(COc2ccccc2C)CCN(C(=O)C(C)(C)n2cncn2)C1. The molecule has 1 aliphatic heterocycles. The first kappa shape index (κ1) is 18.4. The third kappa shape index (κ3) is 3.44. The molecule has 1 aromatic carbocycles. The second-order valence-electron chi connectivity index (χ2n) is 7.32. The van der Waals surface area contributed by atoms with Gasteiger partial charge in [-0.15, -0.1) is 0 Å². The van der Waals surface area contributed by atoms with Crippen molar-refractivity contribution >= 4 is 5.91 Å². The van der Waals surface area contributed by atoms with Crippen molar-refractivity contribution in [3.05, 3.63) is 42.5 Å². The molecule has 3 rings (SSSR count). The summed E-state index contributed by atoms with van der Waals surface area (Å²) in [5.74, 6) is 0.842. The molecule has 1 aliphatic rings. The molecular formula is C19H26N4O3. The number of amides is 1. The van der Waals surface area contributed by atoms with Gasteiger partial charge in [-0.05, 0) is 38.8 Å². The van der Waals surface area contributed by atoms with Gasteiger partial charge in [0.1, 0.15) is 36.2 Å². The van der Waals surface area contributed by atoms with Crippen LogP contribution in [0.5, 0.6) is 5.75 Å². The lowest BCUT2D eigenvalue weighted by Gasteiger charge is -2.31. The number of likely N-dealkylation sites (tertiary alicyclic amines) is 1. The molecule has 7 nitrogen and oxygen atoms in total. The van der Waals surface area contributed by atoms with Crippen molar-refractivity contribution in [3.8, 4) is 5.75 Å². The predicted octanol–water partition coefficient (Wildman–Crippen LogP) is 2.02. The molecule has 0 N–H and O–H groups in total. The molecule has 140 valence electrons. The van der Waals surface area contributed by atoms with Crippen molar-refractivity contribution in [2.75, 3.05) is 26.8 Å². The molecule has 1 saturated heterocycles. The molecule has 0 aliphatic carbocycles. The van der Waals surface area contributed by atoms with E-state index in [2.05, 4.69) is 10.1 Å². The number of aryl methyl sites for hydroxylation is 1. The highest BCUT2D eigenvalue weighted by Gasteiger charge is 2.45. The molecule has 1 amide bonds. The molecular weight excluding hydrogens is 332 g/mol. The van der Waals surface area contributed by atoms with Gasteiger partial charge in [0, 0.05) is 13.7 Å². The molecule has 0 bridgehead atoms. The van der Waals surface area contributed by atoms with Gasteiger partial charge in [0.15, 0.2) is 0 Å². The Hall–Kier alpha value is -2.41. The molecule has 0 unspecified atom stereocenters. The van der Waals surface area contributed by atoms with Crippen LogP contribution < -0.4 is 4.74 Å². The van der Waals surface area contributed by atoms with Crippen LogP contribution in [0.25, 0.3) is 0 Å². The number of nitrogens with zero attached hydrogens (tertiary/aromatic N) is 4. The fraction of sp³-hybridized carbons (Fsp3) is 0.526. The Labute approximate surface area is 153 Å². The van der Waals surface area contributed by atoms with Crippen molar-refractivity contribution in [1.82, 2.24) is 19.7 Å². The Morgan fingerprint density at radius 1 is 1.35 bits per heavy atom. The first-order chi connectivity index (χ1) is 12.4. The summed E-state index contributed by atoms with van der Waals surface area (Å²) in [6, 6.07) is 7.90. The van der Waals surface area contributed by atoms with E-state index in [1.807, 2.05) is 49.9 Å². The van der Waals surface area contributed by atoms with Gasteiger partial charge in [-0.3, -0.25) is 4.79 Å². The maximum Gasteiger partial charge on any atom is 0.250 e. The van der Waals surface area contributed by atoms with Crippen LogP contribution in [0.15, 0.2) is 36.9 Å². The number of para-hydroxylation sites is 1. The van der Waals surface area contributed by atoms with Crippen LogP contribution in [0.4, 0.5) is 0 Å². The van der Waals surface area contributed by atoms with E-state index < -0.39 is 11.1 Å². The highest BCUT2D eigenvalue weighted by Crippen LogP contribution is 2.30. The largest absolute Gasteiger partial charge is 0.490 e. The van der Waals surface area contributed by atoms with Crippen molar-refractivity contribution in [2.45, 2.75) is 38.3 Å². The summed E-state index contributed by atoms with van der Waals surface area (Å²) in [6.45, 7) is 7.23. The molecule has 1 fully saturated rings. The van der Waals surface area contributed by atoms with Crippen LogP contribution in [-0.4, -0.2) is 58.0 Å². The number of carbonyl (C=O) groups excluding carboxylic acids is 1. The van der Waals surface area contributed by atoms with Crippen LogP contribution >= 0.6 is 0 Å². The second kappa shape index (κ2) is 7.07. The van der Waals surface area contributed by atoms with Gasteiger partial charge >= 0.3 is 0 Å². The zero-order chi connectivity index (χ0) is 18.8. The lowest BCUT2D eigenvalue weighted by atomic mass is 10.0. The maximum atomic E-state index is 13.0. The van der Waals surface area contributed by atoms with Crippen LogP contribution in [0.2, 0.25) is 0 Å². The first-order valence-electron chi connectivity index (χ1n) is 8.76. The van der Waals surface area contributed by atoms with E-state index in [1.54, 1.807) is 18.1 Å². The average molecular weight is 358 g/mol. The predicted molar refractivity (Wildman–Crippen MR) is 97.0 cm³/mol. The number of methoxy groups -OCH3 is 1. The number of carbonyl (C=O) groups is 1. The number of hydrogen-bond acceptors (Lipinski definition) is 5. The molecule has 1 aromatic heterocycles. The molecule has 1 atom stereocenters. The quantitative estimate of drug-likeness (QED) is 0.790. The summed E-state index contributed by atoms with van der Waals surface area (Å²) in [4.78, 5) is 18.8. The Kier molecular flexibility index (Phi) is 5.00. The summed E-state index contributed by atoms with van der Waals surface area (Å²) in [5, 5.41) is 4.12. The smallest absolute Gasteiger partial charge is 0.250 e. The van der Waals surface area contributed by atoms with E-state index in [0.717, 1.165) is 17.7 Å². The summed E-state index contributed by atoms with van der Waals surface area (Å²) >= 11 is 0. The highest BCUT2D eigenvalue weighted by molar-refractivity contribution is 5.84. The van der Waals surface area contributed by atoms with Gasteiger partial charge in [-0.25, -0.2) is 9.67 Å². The molecule has 7 heteroatoms. The minimum absolute atomic E-state index is 0.00202. The van der Waals surface area contributed by atoms with Gasteiger partial charge in [0.2, 0.25) is 5.91 Å². The van der Waals surface area contributed by atoms with Crippen LogP contribution in [0.3, 0.4) is 0 Å². The van der Waals surface area contributed by atoms with Gasteiger partial charge in [0.05, 0.1) is 6.54 Å². The van der Waals surface area contributed by atoms with Gasteiger partial charge in [-0.2, -0.15) is 5.10 Å². The fourth-order valence-electron chi connectivity index (χ4n) is 3.27. The molecule has 0 saturated carbocycles. The minimum Gasteiger partial charge on any atom is -0.490 e. The van der Waals surface area contributed by atoms with Crippen LogP contribution in [-0.2, 0) is 15.1 Å².